The van der Waals surface area contributed by atoms with E-state index in [9.17, 15) is 0 Å². The van der Waals surface area contributed by atoms with Gasteiger partial charge in [-0.2, -0.15) is 0 Å². The third kappa shape index (κ3) is 5.87. The van der Waals surface area contributed by atoms with E-state index in [1.54, 1.807) is 22.7 Å². The Hall–Kier alpha value is -7.91. The van der Waals surface area contributed by atoms with E-state index in [1.165, 1.54) is 20.2 Å². The van der Waals surface area contributed by atoms with Gasteiger partial charge in [0.15, 0.2) is 23.3 Å². The van der Waals surface area contributed by atoms with Crippen molar-refractivity contribution in [3.63, 3.8) is 0 Å². The van der Waals surface area contributed by atoms with Gasteiger partial charge in [0.25, 0.3) is 0 Å². The summed E-state index contributed by atoms with van der Waals surface area (Å²) in [5.74, 6) is 2.58. The van der Waals surface area contributed by atoms with Crippen LogP contribution in [0.5, 0.6) is 0 Å². The summed E-state index contributed by atoms with van der Waals surface area (Å²) < 4.78 is 6.94. The average molecular weight is 841 g/mol. The second-order valence-corrected chi connectivity index (χ2v) is 17.8. The van der Waals surface area contributed by atoms with Gasteiger partial charge in [0, 0.05) is 74.5 Å². The molecule has 13 rings (SSSR count). The minimum Gasteiger partial charge on any atom is -0.309 e. The molecule has 0 aliphatic carbocycles. The van der Waals surface area contributed by atoms with Gasteiger partial charge in [-0.1, -0.05) is 152 Å². The summed E-state index contributed by atoms with van der Waals surface area (Å²) in [7, 11) is 0. The fourth-order valence-corrected chi connectivity index (χ4v) is 11.3. The van der Waals surface area contributed by atoms with Gasteiger partial charge >= 0.3 is 0 Å². The van der Waals surface area contributed by atoms with Gasteiger partial charge in [-0.05, 0) is 42.5 Å². The van der Waals surface area contributed by atoms with E-state index in [0.717, 1.165) is 87.1 Å². The first-order valence-corrected chi connectivity index (χ1v) is 22.5. The maximum atomic E-state index is 5.34. The summed E-state index contributed by atoms with van der Waals surface area (Å²) in [5.41, 5.74) is 10.1. The smallest absolute Gasteiger partial charge is 0.164 e. The molecule has 0 atom stereocenters. The maximum absolute atomic E-state index is 5.34. The van der Waals surface area contributed by atoms with Crippen molar-refractivity contribution in [1.82, 2.24) is 29.5 Å². The Kier molecular flexibility index (Phi) is 8.15. The fourth-order valence-electron chi connectivity index (χ4n) is 8.97. The van der Waals surface area contributed by atoms with Crippen LogP contribution in [0.15, 0.2) is 194 Å². The van der Waals surface area contributed by atoms with E-state index in [-0.39, 0.29) is 0 Å². The lowest BCUT2D eigenvalue weighted by Gasteiger charge is -2.10. The molecule has 13 aromatic rings. The Balaban J connectivity index is 0.978. The van der Waals surface area contributed by atoms with Crippen LogP contribution < -0.4 is 0 Å². The lowest BCUT2D eigenvalue weighted by Crippen LogP contribution is -2.00. The van der Waals surface area contributed by atoms with Crippen molar-refractivity contribution in [1.29, 1.82) is 0 Å². The molecule has 0 aliphatic heterocycles. The highest BCUT2D eigenvalue weighted by Crippen LogP contribution is 2.44. The predicted molar refractivity (Wildman–Crippen MR) is 263 cm³/mol. The third-order valence-corrected chi connectivity index (χ3v) is 14.2. The first-order valence-electron chi connectivity index (χ1n) is 20.8. The van der Waals surface area contributed by atoms with E-state index < -0.39 is 0 Å². The molecule has 0 bridgehead atoms. The van der Waals surface area contributed by atoms with Gasteiger partial charge in [-0.15, -0.1) is 22.7 Å². The van der Waals surface area contributed by atoms with E-state index in [4.69, 9.17) is 24.9 Å². The number of para-hydroxylation sites is 2. The second kappa shape index (κ2) is 14.3. The number of hydrogen-bond donors (Lipinski definition) is 0. The number of aromatic nitrogens is 6. The predicted octanol–water partition coefficient (Wildman–Crippen LogP) is 14.8. The van der Waals surface area contributed by atoms with Gasteiger partial charge in [-0.3, -0.25) is 0 Å². The van der Waals surface area contributed by atoms with Gasteiger partial charge in [-0.25, -0.2) is 24.9 Å². The second-order valence-electron chi connectivity index (χ2n) is 15.6. The number of benzene rings is 8. The third-order valence-electron chi connectivity index (χ3n) is 11.9. The molecule has 0 aliphatic rings. The van der Waals surface area contributed by atoms with Gasteiger partial charge < -0.3 is 4.57 Å². The molecule has 0 radical (unpaired) electrons. The van der Waals surface area contributed by atoms with Gasteiger partial charge in [0.05, 0.1) is 26.9 Å². The van der Waals surface area contributed by atoms with Crippen LogP contribution in [0.3, 0.4) is 0 Å². The SMILES string of the molecule is c1ccc(-c2nc(-c3ccc4c(c3)sc3cccc(-c5nc(-c6ccccc6)c6sc7ccccc7c6n5)c34)nc(-c3ccc4c5ccccc5n(-c5ccccc5)c4c3)n2)cc1. The van der Waals surface area contributed by atoms with Crippen molar-refractivity contribution in [3.05, 3.63) is 194 Å². The van der Waals surface area contributed by atoms with E-state index >= 15 is 0 Å². The lowest BCUT2D eigenvalue weighted by atomic mass is 10.0. The molecule has 8 heteroatoms. The van der Waals surface area contributed by atoms with Crippen molar-refractivity contribution >= 4 is 85.0 Å². The highest BCUT2D eigenvalue weighted by molar-refractivity contribution is 7.26. The summed E-state index contributed by atoms with van der Waals surface area (Å²) >= 11 is 3.52. The largest absolute Gasteiger partial charge is 0.309 e. The van der Waals surface area contributed by atoms with E-state index in [0.29, 0.717) is 17.5 Å². The molecule has 0 N–H and O–H groups in total. The number of fused-ring (bicyclic) bond motifs is 9. The number of thiophene rings is 2. The van der Waals surface area contributed by atoms with Crippen LogP contribution in [0.25, 0.3) is 125 Å². The minimum absolute atomic E-state index is 0.618. The molecule has 6 nitrogen and oxygen atoms in total. The van der Waals surface area contributed by atoms with Crippen molar-refractivity contribution in [2.24, 2.45) is 0 Å². The molecule has 5 heterocycles. The normalized spacial score (nSPS) is 11.8. The molecule has 0 saturated heterocycles. The van der Waals surface area contributed by atoms with Gasteiger partial charge in [0.2, 0.25) is 0 Å². The topological polar surface area (TPSA) is 69.4 Å². The zero-order valence-electron chi connectivity index (χ0n) is 33.5. The zero-order chi connectivity index (χ0) is 41.4. The first kappa shape index (κ1) is 35.8. The quantitative estimate of drug-likeness (QED) is 0.167. The number of hydrogen-bond acceptors (Lipinski definition) is 7. The molecule has 0 fully saturated rings. The minimum atomic E-state index is 0.618. The van der Waals surface area contributed by atoms with Crippen LogP contribution in [0.1, 0.15) is 0 Å². The summed E-state index contributed by atoms with van der Waals surface area (Å²) in [6.07, 6.45) is 0. The average Bonchev–Trinajstić information content (AvgIpc) is 4.03. The number of nitrogens with zero attached hydrogens (tertiary/aromatic N) is 6. The molecular formula is C55H32N6S2. The molecular weight excluding hydrogens is 809 g/mol. The molecule has 63 heavy (non-hydrogen) atoms. The van der Waals surface area contributed by atoms with Crippen LogP contribution in [-0.2, 0) is 0 Å². The summed E-state index contributed by atoms with van der Waals surface area (Å²) in [5, 5.41) is 5.82. The van der Waals surface area contributed by atoms with Crippen LogP contribution >= 0.6 is 22.7 Å². The summed E-state index contributed by atoms with van der Waals surface area (Å²) in [6.45, 7) is 0. The zero-order valence-corrected chi connectivity index (χ0v) is 35.1. The molecule has 0 unspecified atom stereocenters. The van der Waals surface area contributed by atoms with Crippen LogP contribution in [0.2, 0.25) is 0 Å². The summed E-state index contributed by atoms with van der Waals surface area (Å²) in [4.78, 5) is 26.2. The molecule has 5 aromatic heterocycles. The highest BCUT2D eigenvalue weighted by Gasteiger charge is 2.21. The molecule has 0 amide bonds. The standard InChI is InChI=1S/C55H32N6S2/c1-4-15-33(16-5-1)49-51-50(41-22-11-13-25-45(41)63-51)57-55(56-49)42-23-14-26-46-48(42)40-30-28-36(32-47(40)62-46)54-59-52(34-17-6-2-7-18-34)58-53(60-54)35-27-29-39-38-21-10-12-24-43(38)61(44(39)31-35)37-19-8-3-9-20-37/h1-32H. The van der Waals surface area contributed by atoms with Gasteiger partial charge in [0.1, 0.15) is 0 Å². The molecule has 0 saturated carbocycles. The van der Waals surface area contributed by atoms with E-state index in [1.807, 2.05) is 24.3 Å². The number of rotatable bonds is 6. The Bertz CT molecular complexity index is 3910. The lowest BCUT2D eigenvalue weighted by molar-refractivity contribution is 1.07. The Morgan fingerprint density at radius 2 is 0.952 bits per heavy atom. The maximum Gasteiger partial charge on any atom is 0.164 e. The van der Waals surface area contributed by atoms with Crippen molar-refractivity contribution in [3.8, 4) is 62.5 Å². The molecule has 0 spiro atoms. The van der Waals surface area contributed by atoms with Crippen LogP contribution in [0, 0.1) is 0 Å². The van der Waals surface area contributed by atoms with Crippen molar-refractivity contribution in [2.45, 2.75) is 0 Å². The monoisotopic (exact) mass is 840 g/mol. The van der Waals surface area contributed by atoms with Crippen LogP contribution in [-0.4, -0.2) is 29.5 Å². The Morgan fingerprint density at radius 1 is 0.349 bits per heavy atom. The Labute approximate surface area is 369 Å². The fraction of sp³-hybridized carbons (Fsp3) is 0. The Morgan fingerprint density at radius 3 is 1.73 bits per heavy atom. The van der Waals surface area contributed by atoms with Crippen molar-refractivity contribution < 1.29 is 0 Å². The summed E-state index contributed by atoms with van der Waals surface area (Å²) in [6, 6.07) is 67.8. The van der Waals surface area contributed by atoms with Crippen LogP contribution in [0.4, 0.5) is 0 Å². The van der Waals surface area contributed by atoms with Crippen molar-refractivity contribution in [2.75, 3.05) is 0 Å². The first-order chi connectivity index (χ1) is 31.2. The highest BCUT2D eigenvalue weighted by atomic mass is 32.1. The molecule has 8 aromatic carbocycles. The molecule has 294 valence electrons. The van der Waals surface area contributed by atoms with E-state index in [2.05, 4.69) is 174 Å².